The van der Waals surface area contributed by atoms with Gasteiger partial charge in [0, 0.05) is 29.4 Å². The van der Waals surface area contributed by atoms with Gasteiger partial charge in [0.1, 0.15) is 12.4 Å². The third kappa shape index (κ3) is 4.57. The van der Waals surface area contributed by atoms with Crippen molar-refractivity contribution in [1.29, 1.82) is 0 Å². The highest BCUT2D eigenvalue weighted by molar-refractivity contribution is 6.30. The number of hydrazine groups is 1. The Bertz CT molecular complexity index is 850. The van der Waals surface area contributed by atoms with Crippen molar-refractivity contribution in [3.8, 4) is 5.75 Å². The highest BCUT2D eigenvalue weighted by atomic mass is 35.5. The van der Waals surface area contributed by atoms with Gasteiger partial charge in [0.25, 0.3) is 5.91 Å². The van der Waals surface area contributed by atoms with Crippen LogP contribution in [0, 0.1) is 5.92 Å². The monoisotopic (exact) mass is 401 g/mol. The standard InChI is InChI=1S/C21H24ClN3O3/c1-3-25(4-2)18-8-5-14(6-9-18)20(26)23-24-21(27)16-11-15-12-17(22)7-10-19(15)28-13-16/h5-10,12,16H,3-4,11,13H2,1-2H3,(H,23,26)(H,24,27)/t16-/m0/s1. The summed E-state index contributed by atoms with van der Waals surface area (Å²) in [4.78, 5) is 26.9. The van der Waals surface area contributed by atoms with E-state index in [1.807, 2.05) is 12.1 Å². The molecule has 0 unspecified atom stereocenters. The molecule has 0 saturated carbocycles. The van der Waals surface area contributed by atoms with E-state index in [0.29, 0.717) is 17.0 Å². The van der Waals surface area contributed by atoms with Crippen molar-refractivity contribution in [3.05, 3.63) is 58.6 Å². The van der Waals surface area contributed by atoms with Crippen molar-refractivity contribution in [1.82, 2.24) is 10.9 Å². The Morgan fingerprint density at radius 1 is 1.11 bits per heavy atom. The largest absolute Gasteiger partial charge is 0.492 e. The Morgan fingerprint density at radius 2 is 1.82 bits per heavy atom. The minimum Gasteiger partial charge on any atom is -0.492 e. The fourth-order valence-corrected chi connectivity index (χ4v) is 3.43. The van der Waals surface area contributed by atoms with E-state index < -0.39 is 5.92 Å². The predicted molar refractivity (Wildman–Crippen MR) is 110 cm³/mol. The summed E-state index contributed by atoms with van der Waals surface area (Å²) in [5, 5.41) is 0.602. The molecular formula is C21H24ClN3O3. The number of benzene rings is 2. The highest BCUT2D eigenvalue weighted by Crippen LogP contribution is 2.29. The minimum absolute atomic E-state index is 0.259. The SMILES string of the molecule is CCN(CC)c1ccc(C(=O)NNC(=O)[C@@H]2COc3ccc(Cl)cc3C2)cc1. The molecule has 2 N–H and O–H groups in total. The Balaban J connectivity index is 1.55. The van der Waals surface area contributed by atoms with Crippen LogP contribution in [-0.4, -0.2) is 31.5 Å². The quantitative estimate of drug-likeness (QED) is 0.755. The van der Waals surface area contributed by atoms with Gasteiger partial charge in [0.05, 0.1) is 5.92 Å². The fourth-order valence-electron chi connectivity index (χ4n) is 3.24. The lowest BCUT2D eigenvalue weighted by molar-refractivity contribution is -0.127. The van der Waals surface area contributed by atoms with E-state index in [0.717, 1.165) is 30.1 Å². The average molecular weight is 402 g/mol. The Kier molecular flexibility index (Phi) is 6.41. The van der Waals surface area contributed by atoms with E-state index in [1.54, 1.807) is 30.3 Å². The molecular weight excluding hydrogens is 378 g/mol. The van der Waals surface area contributed by atoms with Gasteiger partial charge in [-0.05, 0) is 68.3 Å². The zero-order chi connectivity index (χ0) is 20.1. The average Bonchev–Trinajstić information content (AvgIpc) is 2.72. The first-order valence-corrected chi connectivity index (χ1v) is 9.76. The van der Waals surface area contributed by atoms with Gasteiger partial charge >= 0.3 is 0 Å². The number of nitrogens with one attached hydrogen (secondary N) is 2. The zero-order valence-corrected chi connectivity index (χ0v) is 16.8. The first-order valence-electron chi connectivity index (χ1n) is 9.38. The number of anilines is 1. The van der Waals surface area contributed by atoms with Gasteiger partial charge in [0.2, 0.25) is 5.91 Å². The molecule has 0 bridgehead atoms. The predicted octanol–water partition coefficient (Wildman–Crippen LogP) is 3.20. The zero-order valence-electron chi connectivity index (χ0n) is 16.0. The highest BCUT2D eigenvalue weighted by Gasteiger charge is 2.26. The molecule has 0 fully saturated rings. The van der Waals surface area contributed by atoms with Gasteiger partial charge in [-0.3, -0.25) is 20.4 Å². The lowest BCUT2D eigenvalue weighted by atomic mass is 9.96. The number of fused-ring (bicyclic) bond motifs is 1. The maximum atomic E-state index is 12.4. The van der Waals surface area contributed by atoms with Crippen LogP contribution in [0.1, 0.15) is 29.8 Å². The molecule has 1 aliphatic heterocycles. The van der Waals surface area contributed by atoms with E-state index in [-0.39, 0.29) is 18.4 Å². The molecule has 148 valence electrons. The van der Waals surface area contributed by atoms with Gasteiger partial charge in [-0.2, -0.15) is 0 Å². The molecule has 2 amide bonds. The molecule has 2 aromatic rings. The van der Waals surface area contributed by atoms with Gasteiger partial charge < -0.3 is 9.64 Å². The summed E-state index contributed by atoms with van der Waals surface area (Å²) < 4.78 is 5.62. The molecule has 0 aliphatic carbocycles. The van der Waals surface area contributed by atoms with Crippen LogP contribution < -0.4 is 20.5 Å². The number of halogens is 1. The molecule has 1 aliphatic rings. The first-order chi connectivity index (χ1) is 13.5. The van der Waals surface area contributed by atoms with Crippen molar-refractivity contribution in [2.45, 2.75) is 20.3 Å². The summed E-state index contributed by atoms with van der Waals surface area (Å²) in [7, 11) is 0. The number of carbonyl (C=O) groups excluding carboxylic acids is 2. The molecule has 0 aromatic heterocycles. The van der Waals surface area contributed by atoms with E-state index in [1.165, 1.54) is 0 Å². The normalized spacial score (nSPS) is 15.2. The number of hydrogen-bond donors (Lipinski definition) is 2. The molecule has 28 heavy (non-hydrogen) atoms. The molecule has 6 nitrogen and oxygen atoms in total. The number of ether oxygens (including phenoxy) is 1. The summed E-state index contributed by atoms with van der Waals surface area (Å²) in [6.07, 6.45) is 0.510. The second-order valence-electron chi connectivity index (χ2n) is 6.63. The third-order valence-corrected chi connectivity index (χ3v) is 5.09. The maximum absolute atomic E-state index is 12.4. The van der Waals surface area contributed by atoms with Crippen molar-refractivity contribution >= 4 is 29.1 Å². The number of rotatable bonds is 5. The maximum Gasteiger partial charge on any atom is 0.269 e. The van der Waals surface area contributed by atoms with E-state index in [4.69, 9.17) is 16.3 Å². The summed E-state index contributed by atoms with van der Waals surface area (Å²) in [6, 6.07) is 12.7. The van der Waals surface area contributed by atoms with Gasteiger partial charge in [-0.15, -0.1) is 0 Å². The van der Waals surface area contributed by atoms with E-state index in [2.05, 4.69) is 29.6 Å². The van der Waals surface area contributed by atoms with Crippen LogP contribution in [0.15, 0.2) is 42.5 Å². The summed E-state index contributed by atoms with van der Waals surface area (Å²) in [5.41, 5.74) is 7.39. The smallest absolute Gasteiger partial charge is 0.269 e. The van der Waals surface area contributed by atoms with Crippen molar-refractivity contribution in [2.75, 3.05) is 24.6 Å². The molecule has 1 atom stereocenters. The lowest BCUT2D eigenvalue weighted by Crippen LogP contribution is -2.47. The minimum atomic E-state index is -0.392. The number of hydrogen-bond acceptors (Lipinski definition) is 4. The molecule has 3 rings (SSSR count). The lowest BCUT2D eigenvalue weighted by Gasteiger charge is -2.24. The van der Waals surface area contributed by atoms with Crippen LogP contribution in [0.5, 0.6) is 5.75 Å². The van der Waals surface area contributed by atoms with Crippen LogP contribution >= 0.6 is 11.6 Å². The van der Waals surface area contributed by atoms with Gasteiger partial charge in [0.15, 0.2) is 0 Å². The summed E-state index contributed by atoms with van der Waals surface area (Å²) in [5.74, 6) is -0.305. The van der Waals surface area contributed by atoms with Crippen LogP contribution in [-0.2, 0) is 11.2 Å². The van der Waals surface area contributed by atoms with Crippen LogP contribution in [0.25, 0.3) is 0 Å². The number of carbonyl (C=O) groups is 2. The molecule has 2 aromatic carbocycles. The summed E-state index contributed by atoms with van der Waals surface area (Å²) in [6.45, 7) is 6.22. The number of nitrogens with zero attached hydrogens (tertiary/aromatic N) is 1. The number of amides is 2. The second kappa shape index (κ2) is 8.97. The fraction of sp³-hybridized carbons (Fsp3) is 0.333. The Hall–Kier alpha value is -2.73. The van der Waals surface area contributed by atoms with Crippen LogP contribution in [0.2, 0.25) is 5.02 Å². The molecule has 0 radical (unpaired) electrons. The van der Waals surface area contributed by atoms with E-state index in [9.17, 15) is 9.59 Å². The second-order valence-corrected chi connectivity index (χ2v) is 7.06. The van der Waals surface area contributed by atoms with Gasteiger partial charge in [-0.25, -0.2) is 0 Å². The summed E-state index contributed by atoms with van der Waals surface area (Å²) >= 11 is 6.01. The van der Waals surface area contributed by atoms with Crippen molar-refractivity contribution < 1.29 is 14.3 Å². The van der Waals surface area contributed by atoms with Crippen molar-refractivity contribution in [2.24, 2.45) is 5.92 Å². The molecule has 0 spiro atoms. The van der Waals surface area contributed by atoms with Crippen LogP contribution in [0.4, 0.5) is 5.69 Å². The topological polar surface area (TPSA) is 70.7 Å². The first kappa shape index (κ1) is 20.0. The van der Waals surface area contributed by atoms with E-state index >= 15 is 0 Å². The van der Waals surface area contributed by atoms with Crippen LogP contribution in [0.3, 0.4) is 0 Å². The van der Waals surface area contributed by atoms with Crippen molar-refractivity contribution in [3.63, 3.8) is 0 Å². The Labute approximate surface area is 169 Å². The van der Waals surface area contributed by atoms with Gasteiger partial charge in [-0.1, -0.05) is 11.6 Å². The Morgan fingerprint density at radius 3 is 2.50 bits per heavy atom. The molecule has 0 saturated heterocycles. The molecule has 1 heterocycles. The third-order valence-electron chi connectivity index (χ3n) is 4.86. The molecule has 7 heteroatoms.